The Hall–Kier alpha value is -1.57. The Morgan fingerprint density at radius 2 is 2.12 bits per heavy atom. The first-order chi connectivity index (χ1) is 11.5. The van der Waals surface area contributed by atoms with E-state index in [9.17, 15) is 4.79 Å². The largest absolute Gasteiger partial charge is 0.489 e. The van der Waals surface area contributed by atoms with Gasteiger partial charge in [-0.05, 0) is 25.1 Å². The second-order valence-electron chi connectivity index (χ2n) is 5.46. The van der Waals surface area contributed by atoms with E-state index in [4.69, 9.17) is 27.9 Å². The van der Waals surface area contributed by atoms with Crippen LogP contribution in [0.2, 0.25) is 10.0 Å². The Labute approximate surface area is 153 Å². The van der Waals surface area contributed by atoms with Crippen molar-refractivity contribution in [1.82, 2.24) is 14.3 Å². The highest BCUT2D eigenvalue weighted by Gasteiger charge is 2.25. The van der Waals surface area contributed by atoms with Crippen LogP contribution in [0.5, 0.6) is 5.75 Å². The van der Waals surface area contributed by atoms with E-state index in [0.29, 0.717) is 39.8 Å². The number of likely N-dealkylation sites (tertiary alicyclic amines) is 1. The molecule has 9 heteroatoms. The molecule has 0 aliphatic carbocycles. The molecule has 1 fully saturated rings. The Kier molecular flexibility index (Phi) is 5.43. The lowest BCUT2D eigenvalue weighted by atomic mass is 10.1. The minimum atomic E-state index is -0.158. The molecule has 6 nitrogen and oxygen atoms in total. The van der Waals surface area contributed by atoms with Gasteiger partial charge in [-0.2, -0.15) is 4.37 Å². The van der Waals surface area contributed by atoms with Crippen LogP contribution in [0.3, 0.4) is 0 Å². The number of ether oxygens (including phenoxy) is 1. The van der Waals surface area contributed by atoms with E-state index in [0.717, 1.165) is 12.8 Å². The number of hydrogen-bond donors (Lipinski definition) is 1. The van der Waals surface area contributed by atoms with E-state index < -0.39 is 0 Å². The van der Waals surface area contributed by atoms with Gasteiger partial charge in [-0.1, -0.05) is 23.2 Å². The average molecular weight is 387 g/mol. The Morgan fingerprint density at radius 1 is 1.38 bits per heavy atom. The topological polar surface area (TPSA) is 67.4 Å². The fraction of sp³-hybridized carbons (Fsp3) is 0.400. The standard InChI is InChI=1S/C15H16Cl2N4O2S/c1-9-18-14(24-20-9)19-15(22)21-6-4-11(5-7-21)23-13-3-2-10(16)8-12(13)17/h2-3,8,11H,4-7H2,1H3,(H,18,19,20,22). The zero-order valence-corrected chi connectivity index (χ0v) is 15.3. The molecule has 24 heavy (non-hydrogen) atoms. The molecule has 0 bridgehead atoms. The summed E-state index contributed by atoms with van der Waals surface area (Å²) in [4.78, 5) is 18.1. The third-order valence-corrected chi connectivity index (χ3v) is 4.91. The molecule has 0 spiro atoms. The monoisotopic (exact) mass is 386 g/mol. The van der Waals surface area contributed by atoms with Crippen LogP contribution in [0.25, 0.3) is 0 Å². The van der Waals surface area contributed by atoms with Crippen LogP contribution >= 0.6 is 34.7 Å². The van der Waals surface area contributed by atoms with E-state index in [-0.39, 0.29) is 12.1 Å². The van der Waals surface area contributed by atoms with Crippen LogP contribution in [0.15, 0.2) is 18.2 Å². The van der Waals surface area contributed by atoms with Crippen molar-refractivity contribution in [3.8, 4) is 5.75 Å². The normalized spacial score (nSPS) is 15.4. The van der Waals surface area contributed by atoms with Crippen molar-refractivity contribution in [3.05, 3.63) is 34.1 Å². The van der Waals surface area contributed by atoms with Crippen LogP contribution in [0.4, 0.5) is 9.93 Å². The van der Waals surface area contributed by atoms with Gasteiger partial charge in [0.05, 0.1) is 5.02 Å². The lowest BCUT2D eigenvalue weighted by Gasteiger charge is -2.32. The minimum absolute atomic E-state index is 0.0245. The molecule has 1 aromatic heterocycles. The number of carbonyl (C=O) groups is 1. The van der Waals surface area contributed by atoms with Crippen molar-refractivity contribution < 1.29 is 9.53 Å². The molecule has 2 aromatic rings. The lowest BCUT2D eigenvalue weighted by Crippen LogP contribution is -2.43. The van der Waals surface area contributed by atoms with Gasteiger partial charge in [0.1, 0.15) is 17.7 Å². The molecule has 1 aromatic carbocycles. The zero-order valence-electron chi connectivity index (χ0n) is 13.0. The molecule has 1 aliphatic heterocycles. The Balaban J connectivity index is 1.51. The summed E-state index contributed by atoms with van der Waals surface area (Å²) in [5.41, 5.74) is 0. The fourth-order valence-electron chi connectivity index (χ4n) is 2.45. The predicted molar refractivity (Wildman–Crippen MR) is 95.3 cm³/mol. The number of nitrogens with one attached hydrogen (secondary N) is 1. The summed E-state index contributed by atoms with van der Waals surface area (Å²) in [5, 5.41) is 4.35. The van der Waals surface area contributed by atoms with Gasteiger partial charge in [0.2, 0.25) is 5.13 Å². The summed E-state index contributed by atoms with van der Waals surface area (Å²) in [6.07, 6.45) is 1.50. The maximum Gasteiger partial charge on any atom is 0.323 e. The second kappa shape index (κ2) is 7.55. The molecule has 0 unspecified atom stereocenters. The maximum absolute atomic E-state index is 12.2. The first-order valence-corrected chi connectivity index (χ1v) is 9.02. The summed E-state index contributed by atoms with van der Waals surface area (Å²) in [6, 6.07) is 5.01. The van der Waals surface area contributed by atoms with E-state index in [2.05, 4.69) is 14.7 Å². The summed E-state index contributed by atoms with van der Waals surface area (Å²) in [7, 11) is 0. The number of aromatic nitrogens is 2. The lowest BCUT2D eigenvalue weighted by molar-refractivity contribution is 0.115. The number of aryl methyl sites for hydroxylation is 1. The first kappa shape index (κ1) is 17.3. The highest BCUT2D eigenvalue weighted by Crippen LogP contribution is 2.30. The van der Waals surface area contributed by atoms with Crippen molar-refractivity contribution in [2.75, 3.05) is 18.4 Å². The number of rotatable bonds is 3. The number of urea groups is 1. The number of hydrogen-bond acceptors (Lipinski definition) is 5. The van der Waals surface area contributed by atoms with Gasteiger partial charge in [-0.25, -0.2) is 9.78 Å². The molecule has 2 amide bonds. The van der Waals surface area contributed by atoms with E-state index in [1.54, 1.807) is 30.0 Å². The molecule has 0 saturated carbocycles. The number of anilines is 1. The average Bonchev–Trinajstić information content (AvgIpc) is 2.96. The molecule has 1 aliphatic rings. The van der Waals surface area contributed by atoms with Gasteiger partial charge in [0.25, 0.3) is 0 Å². The number of amides is 2. The second-order valence-corrected chi connectivity index (χ2v) is 7.05. The van der Waals surface area contributed by atoms with E-state index >= 15 is 0 Å². The highest BCUT2D eigenvalue weighted by atomic mass is 35.5. The highest BCUT2D eigenvalue weighted by molar-refractivity contribution is 7.09. The number of halogens is 2. The molecule has 128 valence electrons. The third kappa shape index (κ3) is 4.28. The third-order valence-electron chi connectivity index (χ3n) is 3.66. The van der Waals surface area contributed by atoms with Crippen molar-refractivity contribution >= 4 is 45.9 Å². The minimum Gasteiger partial charge on any atom is -0.489 e. The quantitative estimate of drug-likeness (QED) is 0.856. The predicted octanol–water partition coefficient (Wildman–Crippen LogP) is 4.23. The molecule has 2 heterocycles. The molecule has 1 saturated heterocycles. The summed E-state index contributed by atoms with van der Waals surface area (Å²) >= 11 is 13.2. The first-order valence-electron chi connectivity index (χ1n) is 7.49. The van der Waals surface area contributed by atoms with Gasteiger partial charge in [0.15, 0.2) is 0 Å². The van der Waals surface area contributed by atoms with E-state index in [1.807, 2.05) is 0 Å². The Morgan fingerprint density at radius 3 is 2.75 bits per heavy atom. The van der Waals surface area contributed by atoms with Gasteiger partial charge in [0, 0.05) is 42.5 Å². The van der Waals surface area contributed by atoms with Crippen LogP contribution < -0.4 is 10.1 Å². The number of carbonyl (C=O) groups excluding carboxylic acids is 1. The molecule has 0 radical (unpaired) electrons. The van der Waals surface area contributed by atoms with Gasteiger partial charge < -0.3 is 9.64 Å². The van der Waals surface area contributed by atoms with Crippen LogP contribution in [0, 0.1) is 6.92 Å². The number of benzene rings is 1. The van der Waals surface area contributed by atoms with Crippen molar-refractivity contribution in [2.45, 2.75) is 25.9 Å². The van der Waals surface area contributed by atoms with Crippen LogP contribution in [0.1, 0.15) is 18.7 Å². The van der Waals surface area contributed by atoms with Crippen molar-refractivity contribution in [2.24, 2.45) is 0 Å². The maximum atomic E-state index is 12.2. The van der Waals surface area contributed by atoms with Crippen molar-refractivity contribution in [1.29, 1.82) is 0 Å². The fourth-order valence-corrected chi connectivity index (χ4v) is 3.46. The summed E-state index contributed by atoms with van der Waals surface area (Å²) in [6.45, 7) is 3.01. The summed E-state index contributed by atoms with van der Waals surface area (Å²) in [5.74, 6) is 1.27. The van der Waals surface area contributed by atoms with Gasteiger partial charge in [-0.15, -0.1) is 0 Å². The van der Waals surface area contributed by atoms with Crippen LogP contribution in [-0.2, 0) is 0 Å². The molecule has 0 atom stereocenters. The molecular weight excluding hydrogens is 371 g/mol. The smallest absolute Gasteiger partial charge is 0.323 e. The molecule has 1 N–H and O–H groups in total. The van der Waals surface area contributed by atoms with E-state index in [1.165, 1.54) is 11.5 Å². The van der Waals surface area contributed by atoms with Crippen LogP contribution in [-0.4, -0.2) is 39.5 Å². The van der Waals surface area contributed by atoms with Crippen molar-refractivity contribution in [3.63, 3.8) is 0 Å². The zero-order chi connectivity index (χ0) is 17.1. The molecular formula is C15H16Cl2N4O2S. The molecule has 3 rings (SSSR count). The summed E-state index contributed by atoms with van der Waals surface area (Å²) < 4.78 is 9.97. The number of piperidine rings is 1. The van der Waals surface area contributed by atoms with Gasteiger partial charge in [-0.3, -0.25) is 5.32 Å². The SMILES string of the molecule is Cc1nsc(NC(=O)N2CCC(Oc3ccc(Cl)cc3Cl)CC2)n1. The Bertz CT molecular complexity index is 732. The van der Waals surface area contributed by atoms with Gasteiger partial charge >= 0.3 is 6.03 Å². The number of nitrogens with zero attached hydrogens (tertiary/aromatic N) is 3.